The number of nitrogens with zero attached hydrogens (tertiary/aromatic N) is 1. The van der Waals surface area contributed by atoms with Gasteiger partial charge in [-0.05, 0) is 57.3 Å². The van der Waals surface area contributed by atoms with Crippen LogP contribution in [0.5, 0.6) is 0 Å². The minimum Gasteiger partial charge on any atom is -0.357 e. The van der Waals surface area contributed by atoms with E-state index >= 15 is 0 Å². The number of aliphatic imine (C=N–C) groups is 1. The number of nitrogens with one attached hydrogen (secondary N) is 2. The number of sulfone groups is 1. The van der Waals surface area contributed by atoms with E-state index < -0.39 is 9.84 Å². The highest BCUT2D eigenvalue weighted by molar-refractivity contribution is 14.0. The normalized spacial score (nSPS) is 21.7. The summed E-state index contributed by atoms with van der Waals surface area (Å²) in [6.45, 7) is 5.78. The Morgan fingerprint density at radius 2 is 2.00 bits per heavy atom. The molecule has 0 bridgehead atoms. The Morgan fingerprint density at radius 1 is 1.36 bits per heavy atom. The van der Waals surface area contributed by atoms with Gasteiger partial charge < -0.3 is 10.6 Å². The molecule has 0 saturated heterocycles. The molecule has 2 N–H and O–H groups in total. The number of guanidine groups is 1. The summed E-state index contributed by atoms with van der Waals surface area (Å²) in [7, 11) is -2.90. The molecule has 0 radical (unpaired) electrons. The van der Waals surface area contributed by atoms with Gasteiger partial charge in [0.15, 0.2) is 5.96 Å². The smallest absolute Gasteiger partial charge is 0.191 e. The van der Waals surface area contributed by atoms with Crippen LogP contribution in [0.15, 0.2) is 4.99 Å². The Hall–Kier alpha value is -0.0500. The first-order valence-corrected chi connectivity index (χ1v) is 10.1. The van der Waals surface area contributed by atoms with Crippen LogP contribution in [0.2, 0.25) is 0 Å². The van der Waals surface area contributed by atoms with Gasteiger partial charge >= 0.3 is 0 Å². The van der Waals surface area contributed by atoms with E-state index in [0.717, 1.165) is 25.0 Å². The van der Waals surface area contributed by atoms with Gasteiger partial charge in [0.25, 0.3) is 0 Å². The van der Waals surface area contributed by atoms with Gasteiger partial charge in [-0.15, -0.1) is 24.0 Å². The molecule has 0 aromatic rings. The van der Waals surface area contributed by atoms with Crippen molar-refractivity contribution < 1.29 is 8.42 Å². The second kappa shape index (κ2) is 8.17. The molecule has 2 aliphatic rings. The molecule has 0 spiro atoms. The zero-order valence-corrected chi connectivity index (χ0v) is 17.0. The fourth-order valence-electron chi connectivity index (χ4n) is 2.80. The monoisotopic (exact) mass is 443 g/mol. The molecule has 0 heterocycles. The van der Waals surface area contributed by atoms with Crippen molar-refractivity contribution in [3.05, 3.63) is 0 Å². The number of halogens is 1. The summed E-state index contributed by atoms with van der Waals surface area (Å²) >= 11 is 0. The third kappa shape index (κ3) is 6.60. The van der Waals surface area contributed by atoms with Crippen molar-refractivity contribution in [2.45, 2.75) is 52.0 Å². The topological polar surface area (TPSA) is 70.6 Å². The van der Waals surface area contributed by atoms with E-state index in [-0.39, 0.29) is 35.8 Å². The summed E-state index contributed by atoms with van der Waals surface area (Å²) in [6.07, 6.45) is 7.30. The molecule has 2 fully saturated rings. The van der Waals surface area contributed by atoms with E-state index in [4.69, 9.17) is 4.99 Å². The molecular weight excluding hydrogens is 413 g/mol. The van der Waals surface area contributed by atoms with Gasteiger partial charge in [0.1, 0.15) is 9.84 Å². The van der Waals surface area contributed by atoms with Crippen LogP contribution in [0.4, 0.5) is 0 Å². The summed E-state index contributed by atoms with van der Waals surface area (Å²) in [5, 5.41) is 6.58. The highest BCUT2D eigenvalue weighted by atomic mass is 127. The predicted octanol–water partition coefficient (Wildman–Crippen LogP) is 2.17. The Labute approximate surface area is 152 Å². The average Bonchev–Trinajstić information content (AvgIpc) is 3.25. The first kappa shape index (κ1) is 20.0. The number of rotatable bonds is 8. The number of hydrogen-bond donors (Lipinski definition) is 2. The molecule has 0 aromatic heterocycles. The maximum atomic E-state index is 11.2. The lowest BCUT2D eigenvalue weighted by atomic mass is 10.0. The summed E-state index contributed by atoms with van der Waals surface area (Å²) in [6, 6.07) is 0.105. The van der Waals surface area contributed by atoms with Gasteiger partial charge in [0.2, 0.25) is 0 Å². The van der Waals surface area contributed by atoms with E-state index in [1.807, 2.05) is 13.8 Å². The minimum atomic E-state index is -2.90. The first-order chi connectivity index (χ1) is 9.85. The lowest BCUT2D eigenvalue weighted by molar-refractivity contribution is 0.451. The second-order valence-corrected chi connectivity index (χ2v) is 9.06. The van der Waals surface area contributed by atoms with Crippen molar-refractivity contribution in [2.24, 2.45) is 16.3 Å². The van der Waals surface area contributed by atoms with Crippen LogP contribution in [0.25, 0.3) is 0 Å². The summed E-state index contributed by atoms with van der Waals surface area (Å²) < 4.78 is 22.4. The molecule has 130 valence electrons. The van der Waals surface area contributed by atoms with Crippen molar-refractivity contribution in [2.75, 3.05) is 25.1 Å². The quantitative estimate of drug-likeness (QED) is 0.343. The summed E-state index contributed by atoms with van der Waals surface area (Å²) in [5.74, 6) is 1.95. The van der Waals surface area contributed by atoms with Gasteiger partial charge in [-0.1, -0.05) is 0 Å². The van der Waals surface area contributed by atoms with Crippen LogP contribution in [0.1, 0.15) is 46.0 Å². The molecule has 0 aliphatic heterocycles. The standard InChI is InChI=1S/C15H29N3O2S.HI/c1-4-16-14(18-12(2)7-10-21(3,19)20)17-11-15(8-9-15)13-5-6-13;/h12-13H,4-11H2,1-3H3,(H2,16,17,18);1H. The SMILES string of the molecule is CCNC(=NCC1(C2CC2)CC1)NC(C)CCS(C)(=O)=O.I. The van der Waals surface area contributed by atoms with Gasteiger partial charge in [-0.3, -0.25) is 4.99 Å². The highest BCUT2D eigenvalue weighted by Crippen LogP contribution is 2.61. The largest absolute Gasteiger partial charge is 0.357 e. The van der Waals surface area contributed by atoms with Crippen LogP contribution in [-0.2, 0) is 9.84 Å². The Kier molecular flexibility index (Phi) is 7.42. The third-order valence-electron chi connectivity index (χ3n) is 4.54. The molecule has 2 saturated carbocycles. The molecule has 22 heavy (non-hydrogen) atoms. The zero-order chi connectivity index (χ0) is 15.5. The van der Waals surface area contributed by atoms with Crippen LogP contribution in [0.3, 0.4) is 0 Å². The predicted molar refractivity (Wildman–Crippen MR) is 103 cm³/mol. The summed E-state index contributed by atoms with van der Waals surface area (Å²) in [5.41, 5.74) is 0.498. The maximum absolute atomic E-state index is 11.2. The average molecular weight is 443 g/mol. The zero-order valence-electron chi connectivity index (χ0n) is 13.9. The molecule has 7 heteroatoms. The van der Waals surface area contributed by atoms with E-state index in [1.165, 1.54) is 31.9 Å². The molecule has 1 atom stereocenters. The Morgan fingerprint density at radius 3 is 2.45 bits per heavy atom. The molecule has 2 rings (SSSR count). The van der Waals surface area contributed by atoms with Crippen molar-refractivity contribution in [3.8, 4) is 0 Å². The van der Waals surface area contributed by atoms with E-state index in [1.54, 1.807) is 0 Å². The van der Waals surface area contributed by atoms with Crippen molar-refractivity contribution in [1.82, 2.24) is 10.6 Å². The fraction of sp³-hybridized carbons (Fsp3) is 0.933. The molecule has 0 amide bonds. The maximum Gasteiger partial charge on any atom is 0.191 e. The Bertz CT molecular complexity index is 485. The third-order valence-corrected chi connectivity index (χ3v) is 5.51. The van der Waals surface area contributed by atoms with Gasteiger partial charge in [0, 0.05) is 25.4 Å². The first-order valence-electron chi connectivity index (χ1n) is 8.07. The molecule has 2 aliphatic carbocycles. The second-order valence-electron chi connectivity index (χ2n) is 6.80. The molecule has 5 nitrogen and oxygen atoms in total. The fourth-order valence-corrected chi connectivity index (χ4v) is 3.59. The molecule has 1 unspecified atom stereocenters. The van der Waals surface area contributed by atoms with Crippen LogP contribution in [-0.4, -0.2) is 45.5 Å². The highest BCUT2D eigenvalue weighted by Gasteiger charge is 2.53. The van der Waals surface area contributed by atoms with E-state index in [9.17, 15) is 8.42 Å². The van der Waals surface area contributed by atoms with Gasteiger partial charge in [0.05, 0.1) is 5.75 Å². The lowest BCUT2D eigenvalue weighted by Crippen LogP contribution is -2.43. The van der Waals surface area contributed by atoms with Crippen LogP contribution >= 0.6 is 24.0 Å². The van der Waals surface area contributed by atoms with E-state index in [0.29, 0.717) is 11.8 Å². The van der Waals surface area contributed by atoms with Crippen molar-refractivity contribution in [1.29, 1.82) is 0 Å². The Balaban J connectivity index is 0.00000242. The van der Waals surface area contributed by atoms with E-state index in [2.05, 4.69) is 10.6 Å². The summed E-state index contributed by atoms with van der Waals surface area (Å²) in [4.78, 5) is 4.74. The van der Waals surface area contributed by atoms with Crippen molar-refractivity contribution in [3.63, 3.8) is 0 Å². The lowest BCUT2D eigenvalue weighted by Gasteiger charge is -2.19. The van der Waals surface area contributed by atoms with Crippen LogP contribution < -0.4 is 10.6 Å². The molecular formula is C15H30IN3O2S. The van der Waals surface area contributed by atoms with Crippen LogP contribution in [0, 0.1) is 11.3 Å². The van der Waals surface area contributed by atoms with Crippen molar-refractivity contribution >= 4 is 39.8 Å². The van der Waals surface area contributed by atoms with Gasteiger partial charge in [-0.25, -0.2) is 8.42 Å². The number of hydrogen-bond acceptors (Lipinski definition) is 3. The molecule has 0 aromatic carbocycles. The van der Waals surface area contributed by atoms with Gasteiger partial charge in [-0.2, -0.15) is 0 Å². The minimum absolute atomic E-state index is 0.